The fourth-order valence-corrected chi connectivity index (χ4v) is 3.13. The van der Waals surface area contributed by atoms with E-state index in [-0.39, 0.29) is 18.4 Å². The maximum absolute atomic E-state index is 12.1. The van der Waals surface area contributed by atoms with Crippen LogP contribution in [0.4, 0.5) is 0 Å². The van der Waals surface area contributed by atoms with Gasteiger partial charge in [-0.1, -0.05) is 25.0 Å². The zero-order chi connectivity index (χ0) is 17.7. The van der Waals surface area contributed by atoms with Crippen LogP contribution in [-0.2, 0) is 16.0 Å². The fraction of sp³-hybridized carbons (Fsp3) is 0.579. The Kier molecular flexibility index (Phi) is 5.58. The molecule has 0 unspecified atom stereocenters. The third kappa shape index (κ3) is 5.19. The summed E-state index contributed by atoms with van der Waals surface area (Å²) in [5.74, 6) is 0.564. The van der Waals surface area contributed by atoms with E-state index in [1.165, 1.54) is 0 Å². The lowest BCUT2D eigenvalue weighted by molar-refractivity contribution is -0.126. The number of amides is 2. The number of benzene rings is 1. The van der Waals surface area contributed by atoms with Crippen molar-refractivity contribution in [3.63, 3.8) is 0 Å². The summed E-state index contributed by atoms with van der Waals surface area (Å²) in [6.07, 6.45) is 6.50. The van der Waals surface area contributed by atoms with Crippen LogP contribution < -0.4 is 21.1 Å². The van der Waals surface area contributed by atoms with Crippen molar-refractivity contribution in [2.75, 3.05) is 13.2 Å². The maximum atomic E-state index is 12.1. The van der Waals surface area contributed by atoms with Crippen LogP contribution in [0.15, 0.2) is 24.3 Å². The fourth-order valence-electron chi connectivity index (χ4n) is 3.13. The second-order valence-corrected chi connectivity index (χ2v) is 7.14. The minimum absolute atomic E-state index is 0.0355. The van der Waals surface area contributed by atoms with E-state index in [9.17, 15) is 9.59 Å². The molecular weight excluding hydrogens is 318 g/mol. The standard InChI is InChI=1S/C19H27N3O3/c20-19(10-1-2-11-19)18(24)21-12-9-14-3-7-16(8-4-14)25-13-17(23)22-15-5-6-15/h3-4,7-8,15H,1-2,5-6,9-13,20H2,(H,21,24)(H,22,23). The Morgan fingerprint density at radius 2 is 1.84 bits per heavy atom. The third-order valence-electron chi connectivity index (χ3n) is 4.88. The highest BCUT2D eigenvalue weighted by Gasteiger charge is 2.36. The van der Waals surface area contributed by atoms with E-state index in [4.69, 9.17) is 10.5 Å². The molecule has 136 valence electrons. The number of hydrogen-bond acceptors (Lipinski definition) is 4. The monoisotopic (exact) mass is 345 g/mol. The van der Waals surface area contributed by atoms with Gasteiger partial charge < -0.3 is 21.1 Å². The molecule has 6 heteroatoms. The van der Waals surface area contributed by atoms with E-state index in [1.807, 2.05) is 24.3 Å². The van der Waals surface area contributed by atoms with Gasteiger partial charge in [0.2, 0.25) is 5.91 Å². The van der Waals surface area contributed by atoms with Crippen LogP contribution >= 0.6 is 0 Å². The normalized spacial score (nSPS) is 18.6. The number of ether oxygens (including phenoxy) is 1. The quantitative estimate of drug-likeness (QED) is 0.661. The predicted molar refractivity (Wildman–Crippen MR) is 95.2 cm³/mol. The summed E-state index contributed by atoms with van der Waals surface area (Å²) < 4.78 is 5.48. The van der Waals surface area contributed by atoms with Crippen LogP contribution in [-0.4, -0.2) is 36.5 Å². The predicted octanol–water partition coefficient (Wildman–Crippen LogP) is 1.27. The second-order valence-electron chi connectivity index (χ2n) is 7.14. The minimum atomic E-state index is -0.668. The molecule has 0 aliphatic heterocycles. The molecule has 2 aliphatic rings. The van der Waals surface area contributed by atoms with Gasteiger partial charge in [-0.2, -0.15) is 0 Å². The molecule has 2 fully saturated rings. The number of hydrogen-bond donors (Lipinski definition) is 3. The van der Waals surface area contributed by atoms with Crippen molar-refractivity contribution in [2.45, 2.75) is 56.5 Å². The topological polar surface area (TPSA) is 93.5 Å². The molecule has 0 heterocycles. The molecule has 0 radical (unpaired) electrons. The zero-order valence-corrected chi connectivity index (χ0v) is 14.6. The molecule has 6 nitrogen and oxygen atoms in total. The molecule has 0 aromatic heterocycles. The van der Waals surface area contributed by atoms with E-state index in [0.29, 0.717) is 18.3 Å². The van der Waals surface area contributed by atoms with Crippen LogP contribution in [0.1, 0.15) is 44.1 Å². The van der Waals surface area contributed by atoms with E-state index in [0.717, 1.165) is 50.5 Å². The molecule has 3 rings (SSSR count). The van der Waals surface area contributed by atoms with Crippen LogP contribution in [0.2, 0.25) is 0 Å². The first-order valence-electron chi connectivity index (χ1n) is 9.13. The summed E-state index contributed by atoms with van der Waals surface area (Å²) in [5.41, 5.74) is 6.57. The molecule has 0 spiro atoms. The first-order valence-corrected chi connectivity index (χ1v) is 9.13. The van der Waals surface area contributed by atoms with Gasteiger partial charge in [-0.15, -0.1) is 0 Å². The number of carbonyl (C=O) groups excluding carboxylic acids is 2. The van der Waals surface area contributed by atoms with Gasteiger partial charge in [0.15, 0.2) is 6.61 Å². The molecule has 0 saturated heterocycles. The molecular formula is C19H27N3O3. The average Bonchev–Trinajstić information content (AvgIpc) is 3.31. The first kappa shape index (κ1) is 17.7. The lowest BCUT2D eigenvalue weighted by atomic mass is 9.98. The van der Waals surface area contributed by atoms with Gasteiger partial charge in [0.1, 0.15) is 5.75 Å². The van der Waals surface area contributed by atoms with E-state index in [2.05, 4.69) is 10.6 Å². The molecule has 25 heavy (non-hydrogen) atoms. The summed E-state index contributed by atoms with van der Waals surface area (Å²) in [6.45, 7) is 0.617. The minimum Gasteiger partial charge on any atom is -0.484 e. The SMILES string of the molecule is NC1(C(=O)NCCc2ccc(OCC(=O)NC3CC3)cc2)CCCC1. The Bertz CT molecular complexity index is 605. The van der Waals surface area contributed by atoms with Gasteiger partial charge in [-0.05, 0) is 49.8 Å². The van der Waals surface area contributed by atoms with Crippen LogP contribution in [0.5, 0.6) is 5.75 Å². The van der Waals surface area contributed by atoms with Crippen molar-refractivity contribution in [1.82, 2.24) is 10.6 Å². The Hall–Kier alpha value is -2.08. The lowest BCUT2D eigenvalue weighted by Crippen LogP contribution is -2.52. The van der Waals surface area contributed by atoms with Gasteiger partial charge in [0, 0.05) is 12.6 Å². The molecule has 4 N–H and O–H groups in total. The summed E-state index contributed by atoms with van der Waals surface area (Å²) in [5, 5.41) is 5.83. The number of nitrogens with two attached hydrogens (primary N) is 1. The highest BCUT2D eigenvalue weighted by molar-refractivity contribution is 5.86. The Morgan fingerprint density at radius 3 is 2.48 bits per heavy atom. The van der Waals surface area contributed by atoms with E-state index < -0.39 is 5.54 Å². The number of rotatable bonds is 8. The molecule has 0 bridgehead atoms. The molecule has 2 amide bonds. The van der Waals surface area contributed by atoms with Gasteiger partial charge >= 0.3 is 0 Å². The van der Waals surface area contributed by atoms with Gasteiger partial charge in [-0.3, -0.25) is 9.59 Å². The highest BCUT2D eigenvalue weighted by atomic mass is 16.5. The molecule has 1 aromatic carbocycles. The van der Waals surface area contributed by atoms with Crippen molar-refractivity contribution in [3.8, 4) is 5.75 Å². The third-order valence-corrected chi connectivity index (χ3v) is 4.88. The van der Waals surface area contributed by atoms with Crippen LogP contribution in [0.25, 0.3) is 0 Å². The van der Waals surface area contributed by atoms with Gasteiger partial charge in [0.05, 0.1) is 5.54 Å². The molecule has 2 aliphatic carbocycles. The smallest absolute Gasteiger partial charge is 0.258 e. The summed E-state index contributed by atoms with van der Waals surface area (Å²) in [7, 11) is 0. The van der Waals surface area contributed by atoms with Crippen molar-refractivity contribution < 1.29 is 14.3 Å². The maximum Gasteiger partial charge on any atom is 0.258 e. The van der Waals surface area contributed by atoms with Crippen molar-refractivity contribution in [3.05, 3.63) is 29.8 Å². The number of nitrogens with one attached hydrogen (secondary N) is 2. The highest BCUT2D eigenvalue weighted by Crippen LogP contribution is 2.27. The largest absolute Gasteiger partial charge is 0.484 e. The second kappa shape index (κ2) is 7.87. The van der Waals surface area contributed by atoms with Gasteiger partial charge in [-0.25, -0.2) is 0 Å². The average molecular weight is 345 g/mol. The Balaban J connectivity index is 1.37. The van der Waals surface area contributed by atoms with Crippen LogP contribution in [0, 0.1) is 0 Å². The summed E-state index contributed by atoms with van der Waals surface area (Å²) in [4.78, 5) is 23.7. The zero-order valence-electron chi connectivity index (χ0n) is 14.6. The first-order chi connectivity index (χ1) is 12.0. The van der Waals surface area contributed by atoms with Crippen molar-refractivity contribution in [1.29, 1.82) is 0 Å². The van der Waals surface area contributed by atoms with E-state index in [1.54, 1.807) is 0 Å². The summed E-state index contributed by atoms with van der Waals surface area (Å²) >= 11 is 0. The van der Waals surface area contributed by atoms with E-state index >= 15 is 0 Å². The molecule has 1 aromatic rings. The van der Waals surface area contributed by atoms with Crippen molar-refractivity contribution in [2.24, 2.45) is 5.73 Å². The van der Waals surface area contributed by atoms with Crippen molar-refractivity contribution >= 4 is 11.8 Å². The Morgan fingerprint density at radius 1 is 1.16 bits per heavy atom. The van der Waals surface area contributed by atoms with Gasteiger partial charge in [0.25, 0.3) is 5.91 Å². The Labute approximate surface area is 148 Å². The molecule has 2 saturated carbocycles. The summed E-state index contributed by atoms with van der Waals surface area (Å²) in [6, 6.07) is 7.96. The number of carbonyl (C=O) groups is 2. The van der Waals surface area contributed by atoms with Crippen LogP contribution in [0.3, 0.4) is 0 Å². The lowest BCUT2D eigenvalue weighted by Gasteiger charge is -2.22. The molecule has 0 atom stereocenters.